The normalized spacial score (nSPS) is 15.3. The number of carbonyl (C=O) groups excluding carboxylic acids is 1. The van der Waals surface area contributed by atoms with Gasteiger partial charge in [-0.25, -0.2) is 4.68 Å². The molecule has 0 N–H and O–H groups in total. The van der Waals surface area contributed by atoms with Crippen molar-refractivity contribution in [3.05, 3.63) is 70.5 Å². The van der Waals surface area contributed by atoms with Crippen LogP contribution in [-0.2, 0) is 0 Å². The first-order chi connectivity index (χ1) is 15.0. The number of piperidine rings is 1. The monoisotopic (exact) mass is 416 g/mol. The molecule has 0 saturated carbocycles. The van der Waals surface area contributed by atoms with Crippen molar-refractivity contribution in [2.24, 2.45) is 0 Å². The molecule has 1 fully saturated rings. The van der Waals surface area contributed by atoms with Crippen LogP contribution in [0.3, 0.4) is 0 Å². The van der Waals surface area contributed by atoms with Crippen molar-refractivity contribution in [1.82, 2.24) is 29.3 Å². The van der Waals surface area contributed by atoms with Gasteiger partial charge in [-0.3, -0.25) is 14.0 Å². The lowest BCUT2D eigenvalue weighted by Gasteiger charge is -2.31. The van der Waals surface area contributed by atoms with Gasteiger partial charge in [-0.15, -0.1) is 10.2 Å². The molecule has 0 atom stereocenters. The van der Waals surface area contributed by atoms with Crippen molar-refractivity contribution in [3.63, 3.8) is 0 Å². The molecule has 4 heterocycles. The van der Waals surface area contributed by atoms with E-state index in [2.05, 4.69) is 15.3 Å². The number of carbonyl (C=O) groups is 1. The van der Waals surface area contributed by atoms with Crippen LogP contribution in [0.1, 0.15) is 55.0 Å². The van der Waals surface area contributed by atoms with Crippen molar-refractivity contribution in [1.29, 1.82) is 0 Å². The quantitative estimate of drug-likeness (QED) is 0.512. The number of nitrogens with zero attached hydrogens (tertiary/aromatic N) is 6. The number of hydrogen-bond acceptors (Lipinski definition) is 5. The second-order valence-electron chi connectivity index (χ2n) is 8.29. The molecule has 8 heteroatoms. The van der Waals surface area contributed by atoms with Gasteiger partial charge in [0.15, 0.2) is 11.3 Å². The maximum absolute atomic E-state index is 13.4. The number of amides is 1. The summed E-state index contributed by atoms with van der Waals surface area (Å²) in [4.78, 5) is 28.0. The summed E-state index contributed by atoms with van der Waals surface area (Å²) in [7, 11) is 0. The fourth-order valence-corrected chi connectivity index (χ4v) is 4.34. The first-order valence-electron chi connectivity index (χ1n) is 10.6. The van der Waals surface area contributed by atoms with Crippen LogP contribution in [0, 0.1) is 0 Å². The molecule has 1 saturated heterocycles. The zero-order valence-corrected chi connectivity index (χ0v) is 17.6. The molecule has 0 unspecified atom stereocenters. The maximum Gasteiger partial charge on any atom is 0.274 e. The fourth-order valence-electron chi connectivity index (χ4n) is 4.34. The topological polar surface area (TPSA) is 85.4 Å². The number of pyridine rings is 1. The highest BCUT2D eigenvalue weighted by atomic mass is 16.2. The molecule has 1 aliphatic rings. The van der Waals surface area contributed by atoms with E-state index >= 15 is 0 Å². The smallest absolute Gasteiger partial charge is 0.274 e. The maximum atomic E-state index is 13.4. The van der Waals surface area contributed by atoms with Crippen molar-refractivity contribution >= 4 is 22.3 Å². The minimum absolute atomic E-state index is 0.129. The van der Waals surface area contributed by atoms with E-state index in [1.807, 2.05) is 59.7 Å². The van der Waals surface area contributed by atoms with Crippen LogP contribution in [-0.4, -0.2) is 48.3 Å². The van der Waals surface area contributed by atoms with E-state index in [4.69, 9.17) is 0 Å². The zero-order valence-electron chi connectivity index (χ0n) is 17.6. The number of hydrogen-bond donors (Lipinski definition) is 0. The minimum atomic E-state index is -0.167. The SMILES string of the molecule is CC(C)n1nc(C(=O)N2CCC(c3nnc4ccccn34)CC2)c2ccccc2c1=O. The zero-order chi connectivity index (χ0) is 21.5. The van der Waals surface area contributed by atoms with Crippen molar-refractivity contribution in [2.75, 3.05) is 13.1 Å². The van der Waals surface area contributed by atoms with E-state index in [9.17, 15) is 9.59 Å². The number of likely N-dealkylation sites (tertiary alicyclic amines) is 1. The third-order valence-electron chi connectivity index (χ3n) is 6.01. The third-order valence-corrected chi connectivity index (χ3v) is 6.01. The summed E-state index contributed by atoms with van der Waals surface area (Å²) in [5, 5.41) is 14.3. The van der Waals surface area contributed by atoms with Crippen LogP contribution >= 0.6 is 0 Å². The molecule has 4 aromatic rings. The number of aromatic nitrogens is 5. The predicted octanol–water partition coefficient (Wildman–Crippen LogP) is 3.04. The summed E-state index contributed by atoms with van der Waals surface area (Å²) in [6.07, 6.45) is 3.60. The van der Waals surface area contributed by atoms with Gasteiger partial charge < -0.3 is 4.90 Å². The van der Waals surface area contributed by atoms with Crippen LogP contribution in [0.25, 0.3) is 16.4 Å². The predicted molar refractivity (Wildman–Crippen MR) is 117 cm³/mol. The Morgan fingerprint density at radius 1 is 1.00 bits per heavy atom. The summed E-state index contributed by atoms with van der Waals surface area (Å²) in [5.74, 6) is 1.06. The van der Waals surface area contributed by atoms with E-state index < -0.39 is 0 Å². The van der Waals surface area contributed by atoms with E-state index in [1.165, 1.54) is 4.68 Å². The van der Waals surface area contributed by atoms with Gasteiger partial charge >= 0.3 is 0 Å². The Labute approximate surface area is 179 Å². The molecule has 0 spiro atoms. The van der Waals surface area contributed by atoms with Crippen molar-refractivity contribution < 1.29 is 4.79 Å². The molecular weight excluding hydrogens is 392 g/mol. The molecule has 31 heavy (non-hydrogen) atoms. The van der Waals surface area contributed by atoms with Crippen LogP contribution in [0.5, 0.6) is 0 Å². The van der Waals surface area contributed by atoms with Gasteiger partial charge in [0.1, 0.15) is 5.82 Å². The van der Waals surface area contributed by atoms with Gasteiger partial charge in [0, 0.05) is 30.6 Å². The summed E-state index contributed by atoms with van der Waals surface area (Å²) in [6.45, 7) is 5.02. The fraction of sp³-hybridized carbons (Fsp3) is 0.348. The molecule has 0 aliphatic carbocycles. The first kappa shape index (κ1) is 19.4. The number of rotatable bonds is 3. The standard InChI is InChI=1S/C23H24N6O2/c1-15(2)29-22(30)18-8-4-3-7-17(18)20(26-29)23(31)27-13-10-16(11-14-27)21-25-24-19-9-5-6-12-28(19)21/h3-9,12,15-16H,10-11,13-14H2,1-2H3. The van der Waals surface area contributed by atoms with Gasteiger partial charge in [0.2, 0.25) is 0 Å². The Bertz CT molecular complexity index is 1330. The molecule has 1 aliphatic heterocycles. The molecule has 3 aromatic heterocycles. The highest BCUT2D eigenvalue weighted by Crippen LogP contribution is 2.28. The van der Waals surface area contributed by atoms with E-state index in [0.29, 0.717) is 29.6 Å². The van der Waals surface area contributed by atoms with E-state index in [-0.39, 0.29) is 23.4 Å². The first-order valence-corrected chi connectivity index (χ1v) is 10.6. The van der Waals surface area contributed by atoms with Gasteiger partial charge in [0.25, 0.3) is 11.5 Å². The Morgan fingerprint density at radius 2 is 1.71 bits per heavy atom. The van der Waals surface area contributed by atoms with E-state index in [0.717, 1.165) is 24.3 Å². The Morgan fingerprint density at radius 3 is 2.45 bits per heavy atom. The summed E-state index contributed by atoms with van der Waals surface area (Å²) < 4.78 is 3.43. The summed E-state index contributed by atoms with van der Waals surface area (Å²) in [6, 6.07) is 12.9. The van der Waals surface area contributed by atoms with Gasteiger partial charge in [-0.2, -0.15) is 5.10 Å². The van der Waals surface area contributed by atoms with E-state index in [1.54, 1.807) is 12.1 Å². The number of fused-ring (bicyclic) bond motifs is 2. The summed E-state index contributed by atoms with van der Waals surface area (Å²) >= 11 is 0. The third kappa shape index (κ3) is 3.28. The molecule has 5 rings (SSSR count). The largest absolute Gasteiger partial charge is 0.337 e. The number of benzene rings is 1. The second-order valence-corrected chi connectivity index (χ2v) is 8.29. The summed E-state index contributed by atoms with van der Waals surface area (Å²) in [5.41, 5.74) is 1.01. The molecule has 0 radical (unpaired) electrons. The van der Waals surface area contributed by atoms with Gasteiger partial charge in [-0.05, 0) is 44.9 Å². The van der Waals surface area contributed by atoms with Gasteiger partial charge in [0.05, 0.1) is 11.4 Å². The highest BCUT2D eigenvalue weighted by Gasteiger charge is 2.29. The lowest BCUT2D eigenvalue weighted by atomic mass is 9.95. The Hall–Kier alpha value is -3.55. The molecule has 0 bridgehead atoms. The lowest BCUT2D eigenvalue weighted by Crippen LogP contribution is -2.40. The lowest BCUT2D eigenvalue weighted by molar-refractivity contribution is 0.0704. The molecule has 8 nitrogen and oxygen atoms in total. The Kier molecular flexibility index (Phi) is 4.77. The van der Waals surface area contributed by atoms with Crippen LogP contribution in [0.15, 0.2) is 53.5 Å². The van der Waals surface area contributed by atoms with Crippen LogP contribution in [0.2, 0.25) is 0 Å². The van der Waals surface area contributed by atoms with Gasteiger partial charge in [-0.1, -0.05) is 24.3 Å². The molecule has 1 amide bonds. The van der Waals surface area contributed by atoms with Crippen LogP contribution < -0.4 is 5.56 Å². The van der Waals surface area contributed by atoms with Crippen molar-refractivity contribution in [3.8, 4) is 0 Å². The Balaban J connectivity index is 1.43. The molecular formula is C23H24N6O2. The second kappa shape index (κ2) is 7.61. The van der Waals surface area contributed by atoms with Crippen molar-refractivity contribution in [2.45, 2.75) is 38.6 Å². The average Bonchev–Trinajstić information content (AvgIpc) is 3.23. The minimum Gasteiger partial charge on any atom is -0.337 e. The van der Waals surface area contributed by atoms with Crippen LogP contribution in [0.4, 0.5) is 0 Å². The molecule has 1 aromatic carbocycles. The highest BCUT2D eigenvalue weighted by molar-refractivity contribution is 6.04. The average molecular weight is 416 g/mol. The molecule has 158 valence electrons.